The Morgan fingerprint density at radius 1 is 1.38 bits per heavy atom. The minimum absolute atomic E-state index is 0.287. The van der Waals surface area contributed by atoms with Crippen LogP contribution >= 0.6 is 11.6 Å². The van der Waals surface area contributed by atoms with Crippen molar-refractivity contribution < 1.29 is 9.53 Å². The van der Waals surface area contributed by atoms with E-state index in [-0.39, 0.29) is 5.92 Å². The molecule has 1 aliphatic heterocycles. The highest BCUT2D eigenvalue weighted by molar-refractivity contribution is 6.31. The summed E-state index contributed by atoms with van der Waals surface area (Å²) in [6.07, 6.45) is 7.17. The molecule has 2 heterocycles. The number of aromatic nitrogens is 1. The minimum atomic E-state index is 0.287. The molecule has 1 amide bonds. The van der Waals surface area contributed by atoms with Gasteiger partial charge in [0, 0.05) is 31.1 Å². The summed E-state index contributed by atoms with van der Waals surface area (Å²) in [6.45, 7) is 2.28. The third-order valence-electron chi connectivity index (χ3n) is 4.47. The molecule has 2 aliphatic rings. The highest BCUT2D eigenvalue weighted by Gasteiger charge is 2.32. The van der Waals surface area contributed by atoms with Crippen molar-refractivity contribution >= 4 is 17.5 Å². The maximum Gasteiger partial charge on any atom is 0.232 e. The fourth-order valence-electron chi connectivity index (χ4n) is 2.99. The molecular formula is C16H21ClN2O2. The number of carbonyl (C=O) groups is 1. The number of rotatable bonds is 4. The monoisotopic (exact) mass is 308 g/mol. The van der Waals surface area contributed by atoms with Crippen LogP contribution < -0.4 is 4.74 Å². The summed E-state index contributed by atoms with van der Waals surface area (Å²) in [6, 6.07) is 3.56. The summed E-state index contributed by atoms with van der Waals surface area (Å²) in [5, 5.41) is 0.538. The van der Waals surface area contributed by atoms with E-state index in [1.165, 1.54) is 6.42 Å². The fraction of sp³-hybridized carbons (Fsp3) is 0.625. The van der Waals surface area contributed by atoms with Crippen LogP contribution in [-0.4, -0.2) is 35.5 Å². The van der Waals surface area contributed by atoms with Crippen LogP contribution in [0.4, 0.5) is 0 Å². The quantitative estimate of drug-likeness (QED) is 0.858. The molecule has 4 nitrogen and oxygen atoms in total. The third-order valence-corrected chi connectivity index (χ3v) is 4.75. The number of carbonyl (C=O) groups excluding carboxylic acids is 1. The maximum absolute atomic E-state index is 12.3. The molecule has 114 valence electrons. The molecule has 1 aromatic heterocycles. The Morgan fingerprint density at radius 3 is 2.95 bits per heavy atom. The van der Waals surface area contributed by atoms with E-state index in [1.54, 1.807) is 18.3 Å². The van der Waals surface area contributed by atoms with Crippen molar-refractivity contribution in [1.29, 1.82) is 0 Å². The van der Waals surface area contributed by atoms with E-state index in [4.69, 9.17) is 16.3 Å². The molecule has 5 heteroatoms. The summed E-state index contributed by atoms with van der Waals surface area (Å²) >= 11 is 6.04. The van der Waals surface area contributed by atoms with Gasteiger partial charge in [-0.2, -0.15) is 0 Å². The van der Waals surface area contributed by atoms with Crippen molar-refractivity contribution in [3.63, 3.8) is 0 Å². The van der Waals surface area contributed by atoms with Crippen LogP contribution in [0.2, 0.25) is 5.02 Å². The van der Waals surface area contributed by atoms with Crippen molar-refractivity contribution in [1.82, 2.24) is 9.88 Å². The summed E-state index contributed by atoms with van der Waals surface area (Å²) in [5.74, 6) is 1.50. The Morgan fingerprint density at radius 2 is 2.24 bits per heavy atom. The lowest BCUT2D eigenvalue weighted by molar-refractivity contribution is -0.140. The van der Waals surface area contributed by atoms with Crippen LogP contribution in [0.25, 0.3) is 0 Å². The van der Waals surface area contributed by atoms with Gasteiger partial charge in [-0.25, -0.2) is 4.98 Å². The molecule has 1 aromatic rings. The second kappa shape index (κ2) is 6.65. The van der Waals surface area contributed by atoms with Crippen LogP contribution in [0.15, 0.2) is 18.3 Å². The number of amides is 1. The number of piperidine rings is 1. The van der Waals surface area contributed by atoms with Gasteiger partial charge in [0.25, 0.3) is 0 Å². The van der Waals surface area contributed by atoms with Gasteiger partial charge in [-0.15, -0.1) is 0 Å². The molecule has 1 unspecified atom stereocenters. The van der Waals surface area contributed by atoms with Crippen LogP contribution in [0.3, 0.4) is 0 Å². The van der Waals surface area contributed by atoms with Crippen LogP contribution in [-0.2, 0) is 4.79 Å². The summed E-state index contributed by atoms with van der Waals surface area (Å²) in [7, 11) is 0. The molecule has 1 saturated heterocycles. The van der Waals surface area contributed by atoms with E-state index in [1.807, 2.05) is 4.90 Å². The van der Waals surface area contributed by atoms with Crippen molar-refractivity contribution in [3.05, 3.63) is 23.4 Å². The summed E-state index contributed by atoms with van der Waals surface area (Å²) < 4.78 is 5.72. The molecule has 1 atom stereocenters. The van der Waals surface area contributed by atoms with E-state index < -0.39 is 0 Å². The van der Waals surface area contributed by atoms with E-state index in [0.29, 0.717) is 29.3 Å². The molecule has 0 aromatic carbocycles. The molecule has 3 rings (SSSR count). The van der Waals surface area contributed by atoms with Crippen molar-refractivity contribution in [3.8, 4) is 5.88 Å². The molecule has 0 spiro atoms. The van der Waals surface area contributed by atoms with E-state index in [0.717, 1.165) is 38.8 Å². The Balaban J connectivity index is 1.51. The third kappa shape index (κ3) is 3.49. The number of nitrogens with zero attached hydrogens (tertiary/aromatic N) is 2. The zero-order chi connectivity index (χ0) is 14.7. The second-order valence-corrected chi connectivity index (χ2v) is 6.43. The Hall–Kier alpha value is -1.29. The van der Waals surface area contributed by atoms with Gasteiger partial charge in [-0.3, -0.25) is 4.79 Å². The first-order valence-corrected chi connectivity index (χ1v) is 8.14. The highest BCUT2D eigenvalue weighted by atomic mass is 35.5. The van der Waals surface area contributed by atoms with Gasteiger partial charge in [0.15, 0.2) is 0 Å². The topological polar surface area (TPSA) is 42.4 Å². The van der Waals surface area contributed by atoms with Gasteiger partial charge >= 0.3 is 0 Å². The van der Waals surface area contributed by atoms with Crippen molar-refractivity contribution in [2.45, 2.75) is 32.1 Å². The van der Waals surface area contributed by atoms with Gasteiger partial charge in [0.05, 0.1) is 6.61 Å². The molecule has 1 saturated carbocycles. The van der Waals surface area contributed by atoms with Crippen LogP contribution in [0, 0.1) is 11.8 Å². The lowest BCUT2D eigenvalue weighted by atomic mass is 9.83. The molecule has 21 heavy (non-hydrogen) atoms. The van der Waals surface area contributed by atoms with Crippen LogP contribution in [0.5, 0.6) is 5.88 Å². The minimum Gasteiger partial charge on any atom is -0.476 e. The van der Waals surface area contributed by atoms with Crippen LogP contribution in [0.1, 0.15) is 32.1 Å². The van der Waals surface area contributed by atoms with Crippen molar-refractivity contribution in [2.24, 2.45) is 11.8 Å². The predicted molar refractivity (Wildman–Crippen MR) is 81.4 cm³/mol. The maximum atomic E-state index is 12.3. The first-order valence-electron chi connectivity index (χ1n) is 7.76. The summed E-state index contributed by atoms with van der Waals surface area (Å²) in [4.78, 5) is 18.5. The molecule has 2 fully saturated rings. The van der Waals surface area contributed by atoms with E-state index in [2.05, 4.69) is 4.98 Å². The van der Waals surface area contributed by atoms with Gasteiger partial charge < -0.3 is 9.64 Å². The van der Waals surface area contributed by atoms with Gasteiger partial charge in [0.2, 0.25) is 11.8 Å². The Kier molecular flexibility index (Phi) is 4.63. The first kappa shape index (κ1) is 14.6. The zero-order valence-electron chi connectivity index (χ0n) is 12.1. The molecular weight excluding hydrogens is 288 g/mol. The first-order chi connectivity index (χ1) is 10.2. The average Bonchev–Trinajstić information content (AvgIpc) is 2.45. The molecule has 0 bridgehead atoms. The summed E-state index contributed by atoms with van der Waals surface area (Å²) in [5.41, 5.74) is 0. The lowest BCUT2D eigenvalue weighted by Gasteiger charge is -2.37. The zero-order valence-corrected chi connectivity index (χ0v) is 12.9. The average molecular weight is 309 g/mol. The van der Waals surface area contributed by atoms with E-state index >= 15 is 0 Å². The largest absolute Gasteiger partial charge is 0.476 e. The number of likely N-dealkylation sites (tertiary alicyclic amines) is 1. The standard InChI is InChI=1S/C16H21ClN2O2/c17-14-7-2-8-18-15(14)21-11-12-4-3-9-19(10-12)16(20)13-5-1-6-13/h2,7-8,12-13H,1,3-6,9-11H2. The normalized spacial score (nSPS) is 22.7. The van der Waals surface area contributed by atoms with Gasteiger partial charge in [-0.1, -0.05) is 18.0 Å². The fourth-order valence-corrected chi connectivity index (χ4v) is 3.16. The highest BCUT2D eigenvalue weighted by Crippen LogP contribution is 2.30. The molecule has 0 N–H and O–H groups in total. The predicted octanol–water partition coefficient (Wildman–Crippen LogP) is 3.15. The Bertz CT molecular complexity index is 505. The molecule has 0 radical (unpaired) electrons. The number of pyridine rings is 1. The molecule has 1 aliphatic carbocycles. The number of ether oxygens (including phenoxy) is 1. The second-order valence-electron chi connectivity index (χ2n) is 6.02. The number of hydrogen-bond acceptors (Lipinski definition) is 3. The Labute approximate surface area is 130 Å². The van der Waals surface area contributed by atoms with Gasteiger partial charge in [0.1, 0.15) is 5.02 Å². The lowest BCUT2D eigenvalue weighted by Crippen LogP contribution is -2.45. The SMILES string of the molecule is O=C(C1CCC1)N1CCCC(COc2ncccc2Cl)C1. The van der Waals surface area contributed by atoms with Gasteiger partial charge in [-0.05, 0) is 37.8 Å². The van der Waals surface area contributed by atoms with E-state index in [9.17, 15) is 4.79 Å². The number of hydrogen-bond donors (Lipinski definition) is 0. The van der Waals surface area contributed by atoms with Crippen molar-refractivity contribution in [2.75, 3.05) is 19.7 Å². The number of halogens is 1. The smallest absolute Gasteiger partial charge is 0.232 e.